The number of ether oxygens (including phenoxy) is 1. The molecule has 0 aliphatic heterocycles. The summed E-state index contributed by atoms with van der Waals surface area (Å²) in [6.45, 7) is 0. The van der Waals surface area contributed by atoms with E-state index in [-0.39, 0.29) is 0 Å². The number of benzene rings is 1. The molecule has 2 rings (SSSR count). The Kier molecular flexibility index (Phi) is 3.25. The monoisotopic (exact) mass is 241 g/mol. The van der Waals surface area contributed by atoms with Crippen LogP contribution in [0.15, 0.2) is 30.6 Å². The third-order valence-electron chi connectivity index (χ3n) is 2.32. The molecule has 0 atom stereocenters. The molecule has 0 saturated carbocycles. The Morgan fingerprint density at radius 1 is 1.28 bits per heavy atom. The topological polar surface area (TPSA) is 96.9 Å². The first-order valence-corrected chi connectivity index (χ1v) is 5.16. The van der Waals surface area contributed by atoms with Crippen LogP contribution >= 0.6 is 0 Å². The summed E-state index contributed by atoms with van der Waals surface area (Å²) in [6, 6.07) is 9.00. The predicted octanol–water partition coefficient (Wildman–Crippen LogP) is 1.68. The minimum atomic E-state index is 0.321. The average molecular weight is 241 g/mol. The molecule has 0 spiro atoms. The van der Waals surface area contributed by atoms with E-state index in [0.717, 1.165) is 5.69 Å². The molecule has 0 unspecified atom stereocenters. The summed E-state index contributed by atoms with van der Waals surface area (Å²) in [5.74, 6) is 0.785. The van der Waals surface area contributed by atoms with Crippen LogP contribution in [0.4, 0.5) is 17.2 Å². The lowest BCUT2D eigenvalue weighted by atomic mass is 10.2. The van der Waals surface area contributed by atoms with Crippen LogP contribution < -0.4 is 15.8 Å². The normalized spacial score (nSPS) is 9.56. The van der Waals surface area contributed by atoms with Crippen LogP contribution in [0.5, 0.6) is 5.88 Å². The third kappa shape index (κ3) is 2.30. The van der Waals surface area contributed by atoms with Gasteiger partial charge in [-0.1, -0.05) is 0 Å². The highest BCUT2D eigenvalue weighted by Crippen LogP contribution is 2.26. The molecule has 0 amide bonds. The van der Waals surface area contributed by atoms with E-state index in [1.165, 1.54) is 13.4 Å². The average Bonchev–Trinajstić information content (AvgIpc) is 2.42. The van der Waals surface area contributed by atoms with E-state index >= 15 is 0 Å². The van der Waals surface area contributed by atoms with Gasteiger partial charge in [0, 0.05) is 5.69 Å². The van der Waals surface area contributed by atoms with Crippen molar-refractivity contribution in [3.8, 4) is 11.9 Å². The summed E-state index contributed by atoms with van der Waals surface area (Å²) in [5.41, 5.74) is 7.54. The number of rotatable bonds is 3. The van der Waals surface area contributed by atoms with Gasteiger partial charge in [-0.2, -0.15) is 10.2 Å². The van der Waals surface area contributed by atoms with Crippen molar-refractivity contribution in [3.05, 3.63) is 36.2 Å². The molecule has 0 fully saturated rings. The highest BCUT2D eigenvalue weighted by molar-refractivity contribution is 5.72. The Labute approximate surface area is 104 Å². The quantitative estimate of drug-likeness (QED) is 0.848. The van der Waals surface area contributed by atoms with E-state index in [1.54, 1.807) is 24.3 Å². The van der Waals surface area contributed by atoms with Crippen LogP contribution in [0.3, 0.4) is 0 Å². The summed E-state index contributed by atoms with van der Waals surface area (Å²) in [4.78, 5) is 7.92. The second kappa shape index (κ2) is 5.01. The van der Waals surface area contributed by atoms with Crippen molar-refractivity contribution in [1.29, 1.82) is 5.26 Å². The number of nitrogen functional groups attached to an aromatic ring is 1. The van der Waals surface area contributed by atoms with Crippen molar-refractivity contribution < 1.29 is 4.74 Å². The first-order valence-electron chi connectivity index (χ1n) is 5.16. The minimum absolute atomic E-state index is 0.321. The Bertz CT molecular complexity index is 588. The van der Waals surface area contributed by atoms with Gasteiger partial charge in [-0.15, -0.1) is 0 Å². The first kappa shape index (κ1) is 11.7. The molecule has 90 valence electrons. The zero-order chi connectivity index (χ0) is 13.0. The maximum absolute atomic E-state index is 8.70. The number of anilines is 3. The van der Waals surface area contributed by atoms with Crippen molar-refractivity contribution >= 4 is 17.2 Å². The van der Waals surface area contributed by atoms with E-state index in [0.29, 0.717) is 22.9 Å². The number of hydrogen-bond acceptors (Lipinski definition) is 6. The van der Waals surface area contributed by atoms with Crippen molar-refractivity contribution in [2.45, 2.75) is 0 Å². The van der Waals surface area contributed by atoms with Crippen LogP contribution in [0.1, 0.15) is 5.56 Å². The number of nitrogens with one attached hydrogen (secondary N) is 1. The van der Waals surface area contributed by atoms with Crippen molar-refractivity contribution in [1.82, 2.24) is 9.97 Å². The fourth-order valence-corrected chi connectivity index (χ4v) is 1.41. The number of nitrogens with two attached hydrogens (primary N) is 1. The molecular formula is C12H11N5O. The van der Waals surface area contributed by atoms with Gasteiger partial charge in [-0.25, -0.2) is 4.98 Å². The van der Waals surface area contributed by atoms with Crippen LogP contribution in [0.2, 0.25) is 0 Å². The van der Waals surface area contributed by atoms with Crippen molar-refractivity contribution in [3.63, 3.8) is 0 Å². The molecule has 1 aromatic heterocycles. The van der Waals surface area contributed by atoms with Crippen LogP contribution in [-0.2, 0) is 0 Å². The summed E-state index contributed by atoms with van der Waals surface area (Å²) in [6.07, 6.45) is 1.36. The molecular weight excluding hydrogens is 230 g/mol. The number of methoxy groups -OCH3 is 1. The number of nitriles is 1. The van der Waals surface area contributed by atoms with Crippen LogP contribution in [0.25, 0.3) is 0 Å². The summed E-state index contributed by atoms with van der Waals surface area (Å²) < 4.78 is 5.00. The van der Waals surface area contributed by atoms with Gasteiger partial charge in [0.1, 0.15) is 12.0 Å². The fraction of sp³-hybridized carbons (Fsp3) is 0.0833. The van der Waals surface area contributed by atoms with E-state index < -0.39 is 0 Å². The van der Waals surface area contributed by atoms with E-state index in [2.05, 4.69) is 15.3 Å². The van der Waals surface area contributed by atoms with Crippen molar-refractivity contribution in [2.24, 2.45) is 0 Å². The van der Waals surface area contributed by atoms with Crippen LogP contribution in [0, 0.1) is 11.3 Å². The summed E-state index contributed by atoms with van der Waals surface area (Å²) >= 11 is 0. The van der Waals surface area contributed by atoms with Gasteiger partial charge in [0.25, 0.3) is 0 Å². The second-order valence-corrected chi connectivity index (χ2v) is 3.46. The van der Waals surface area contributed by atoms with Crippen molar-refractivity contribution in [2.75, 3.05) is 18.2 Å². The number of hydrogen-bond donors (Lipinski definition) is 2. The third-order valence-corrected chi connectivity index (χ3v) is 2.32. The molecule has 18 heavy (non-hydrogen) atoms. The molecule has 0 radical (unpaired) electrons. The lowest BCUT2D eigenvalue weighted by molar-refractivity contribution is 0.399. The highest BCUT2D eigenvalue weighted by Gasteiger charge is 2.08. The molecule has 3 N–H and O–H groups in total. The molecule has 0 aliphatic rings. The zero-order valence-corrected chi connectivity index (χ0v) is 9.71. The molecule has 6 nitrogen and oxygen atoms in total. The summed E-state index contributed by atoms with van der Waals surface area (Å²) in [5, 5.41) is 11.7. The molecule has 0 saturated heterocycles. The van der Waals surface area contributed by atoms with Gasteiger partial charge < -0.3 is 15.8 Å². The van der Waals surface area contributed by atoms with Gasteiger partial charge in [-0.3, -0.25) is 0 Å². The first-order chi connectivity index (χ1) is 8.74. The maximum Gasteiger partial charge on any atom is 0.242 e. The molecule has 1 heterocycles. The second-order valence-electron chi connectivity index (χ2n) is 3.46. The number of aromatic nitrogens is 2. The molecule has 6 heteroatoms. The Morgan fingerprint density at radius 3 is 2.61 bits per heavy atom. The van der Waals surface area contributed by atoms with Gasteiger partial charge in [-0.05, 0) is 24.3 Å². The SMILES string of the molecule is COc1ncnc(Nc2ccc(C#N)cc2)c1N. The lowest BCUT2D eigenvalue weighted by Crippen LogP contribution is -2.03. The maximum atomic E-state index is 8.70. The Balaban J connectivity index is 2.26. The smallest absolute Gasteiger partial charge is 0.242 e. The standard InChI is InChI=1S/C12H11N5O/c1-18-12-10(14)11(15-7-16-12)17-9-4-2-8(6-13)3-5-9/h2-5,7H,14H2,1H3,(H,15,16,17). The minimum Gasteiger partial charge on any atom is -0.479 e. The molecule has 0 aliphatic carbocycles. The largest absolute Gasteiger partial charge is 0.479 e. The van der Waals surface area contributed by atoms with Gasteiger partial charge in [0.2, 0.25) is 5.88 Å². The predicted molar refractivity (Wildman–Crippen MR) is 67.4 cm³/mol. The summed E-state index contributed by atoms with van der Waals surface area (Å²) in [7, 11) is 1.49. The van der Waals surface area contributed by atoms with E-state index in [1.807, 2.05) is 6.07 Å². The molecule has 0 bridgehead atoms. The van der Waals surface area contributed by atoms with Gasteiger partial charge >= 0.3 is 0 Å². The highest BCUT2D eigenvalue weighted by atomic mass is 16.5. The van der Waals surface area contributed by atoms with Gasteiger partial charge in [0.15, 0.2) is 5.82 Å². The molecule has 2 aromatic rings. The Morgan fingerprint density at radius 2 is 2.00 bits per heavy atom. The fourth-order valence-electron chi connectivity index (χ4n) is 1.41. The molecule has 1 aromatic carbocycles. The lowest BCUT2D eigenvalue weighted by Gasteiger charge is -2.09. The van der Waals surface area contributed by atoms with E-state index in [9.17, 15) is 0 Å². The number of nitrogens with zero attached hydrogens (tertiary/aromatic N) is 3. The van der Waals surface area contributed by atoms with Crippen LogP contribution in [-0.4, -0.2) is 17.1 Å². The zero-order valence-electron chi connectivity index (χ0n) is 9.71. The van der Waals surface area contributed by atoms with Gasteiger partial charge in [0.05, 0.1) is 18.7 Å². The van der Waals surface area contributed by atoms with E-state index in [4.69, 9.17) is 15.7 Å². The Hall–Kier alpha value is -2.81.